The topological polar surface area (TPSA) is 80.5 Å². The summed E-state index contributed by atoms with van der Waals surface area (Å²) >= 11 is 0. The zero-order valence-corrected chi connectivity index (χ0v) is 12.9. The molecule has 114 valence electrons. The van der Waals surface area contributed by atoms with E-state index >= 15 is 0 Å². The minimum absolute atomic E-state index is 0.205. The number of rotatable bonds is 3. The molecule has 2 N–H and O–H groups in total. The van der Waals surface area contributed by atoms with E-state index in [0.29, 0.717) is 17.7 Å². The fourth-order valence-electron chi connectivity index (χ4n) is 2.83. The van der Waals surface area contributed by atoms with Gasteiger partial charge in [0, 0.05) is 11.6 Å². The minimum atomic E-state index is -3.62. The Balaban J connectivity index is 2.09. The lowest BCUT2D eigenvalue weighted by Crippen LogP contribution is -2.35. The first-order valence-electron chi connectivity index (χ1n) is 6.93. The number of benzene rings is 2. The summed E-state index contributed by atoms with van der Waals surface area (Å²) in [5.41, 5.74) is 7.11. The Labute approximate surface area is 129 Å². The first-order valence-corrected chi connectivity index (χ1v) is 8.37. The van der Waals surface area contributed by atoms with Crippen molar-refractivity contribution in [1.29, 1.82) is 0 Å². The SMILES string of the molecule is C[C@H]1Cc2cc(C(N)=O)ccc2N1S(=O)(=O)c1ccccc1. The molecule has 0 radical (unpaired) electrons. The monoisotopic (exact) mass is 316 g/mol. The van der Waals surface area contributed by atoms with Crippen LogP contribution in [0.5, 0.6) is 0 Å². The number of hydrogen-bond donors (Lipinski definition) is 1. The highest BCUT2D eigenvalue weighted by Gasteiger charge is 2.36. The number of nitrogens with two attached hydrogens (primary N) is 1. The number of nitrogens with zero attached hydrogens (tertiary/aromatic N) is 1. The maximum absolute atomic E-state index is 12.9. The van der Waals surface area contributed by atoms with Crippen LogP contribution in [0.25, 0.3) is 0 Å². The molecule has 1 heterocycles. The summed E-state index contributed by atoms with van der Waals surface area (Å²) in [5.74, 6) is -0.514. The Morgan fingerprint density at radius 3 is 2.50 bits per heavy atom. The number of anilines is 1. The third kappa shape index (κ3) is 2.25. The van der Waals surface area contributed by atoms with Crippen molar-refractivity contribution in [2.24, 2.45) is 5.73 Å². The summed E-state index contributed by atoms with van der Waals surface area (Å²) in [7, 11) is -3.62. The zero-order chi connectivity index (χ0) is 15.9. The van der Waals surface area contributed by atoms with Crippen molar-refractivity contribution in [3.05, 3.63) is 59.7 Å². The maximum atomic E-state index is 12.9. The van der Waals surface area contributed by atoms with E-state index in [2.05, 4.69) is 0 Å². The molecule has 1 amide bonds. The number of hydrogen-bond acceptors (Lipinski definition) is 3. The van der Waals surface area contributed by atoms with Gasteiger partial charge in [0.25, 0.3) is 10.0 Å². The molecule has 0 aliphatic carbocycles. The van der Waals surface area contributed by atoms with Crippen molar-refractivity contribution in [2.75, 3.05) is 4.31 Å². The molecule has 2 aromatic rings. The molecule has 3 rings (SSSR count). The Morgan fingerprint density at radius 1 is 1.18 bits per heavy atom. The molecule has 1 aliphatic rings. The van der Waals surface area contributed by atoms with Gasteiger partial charge in [-0.05, 0) is 49.2 Å². The molecule has 0 saturated carbocycles. The van der Waals surface area contributed by atoms with Gasteiger partial charge in [-0.15, -0.1) is 0 Å². The Hall–Kier alpha value is -2.34. The van der Waals surface area contributed by atoms with Crippen LogP contribution in [0, 0.1) is 0 Å². The highest BCUT2D eigenvalue weighted by atomic mass is 32.2. The van der Waals surface area contributed by atoms with E-state index in [1.807, 2.05) is 6.92 Å². The van der Waals surface area contributed by atoms with Crippen LogP contribution in [0.2, 0.25) is 0 Å². The van der Waals surface area contributed by atoms with Crippen molar-refractivity contribution < 1.29 is 13.2 Å². The standard InChI is InChI=1S/C16H16N2O3S/c1-11-9-13-10-12(16(17)19)7-8-15(13)18(11)22(20,21)14-5-3-2-4-6-14/h2-8,10-11H,9H2,1H3,(H2,17,19)/t11-/m0/s1. The fraction of sp³-hybridized carbons (Fsp3) is 0.188. The molecule has 0 fully saturated rings. The smallest absolute Gasteiger partial charge is 0.264 e. The van der Waals surface area contributed by atoms with Crippen molar-refractivity contribution in [2.45, 2.75) is 24.3 Å². The number of amides is 1. The minimum Gasteiger partial charge on any atom is -0.366 e. The number of fused-ring (bicyclic) bond motifs is 1. The van der Waals surface area contributed by atoms with Crippen molar-refractivity contribution >= 4 is 21.6 Å². The molecule has 5 nitrogen and oxygen atoms in total. The first kappa shape index (κ1) is 14.6. The van der Waals surface area contributed by atoms with Crippen LogP contribution in [0.1, 0.15) is 22.8 Å². The Morgan fingerprint density at radius 2 is 1.86 bits per heavy atom. The van der Waals surface area contributed by atoms with E-state index in [0.717, 1.165) is 5.56 Å². The van der Waals surface area contributed by atoms with Gasteiger partial charge in [-0.3, -0.25) is 9.10 Å². The Bertz CT molecular complexity index is 832. The van der Waals surface area contributed by atoms with Crippen LogP contribution in [-0.2, 0) is 16.4 Å². The van der Waals surface area contributed by atoms with Crippen LogP contribution in [0.4, 0.5) is 5.69 Å². The first-order chi connectivity index (χ1) is 10.4. The molecule has 2 aromatic carbocycles. The van der Waals surface area contributed by atoms with Gasteiger partial charge in [-0.1, -0.05) is 18.2 Å². The number of sulfonamides is 1. The van der Waals surface area contributed by atoms with E-state index < -0.39 is 15.9 Å². The second kappa shape index (κ2) is 5.14. The second-order valence-corrected chi connectivity index (χ2v) is 7.19. The van der Waals surface area contributed by atoms with E-state index in [1.165, 1.54) is 4.31 Å². The van der Waals surface area contributed by atoms with Crippen LogP contribution in [0.3, 0.4) is 0 Å². The molecule has 6 heteroatoms. The average Bonchev–Trinajstić information content (AvgIpc) is 2.83. The van der Waals surface area contributed by atoms with Crippen molar-refractivity contribution in [3.8, 4) is 0 Å². The highest BCUT2D eigenvalue weighted by Crippen LogP contribution is 2.37. The van der Waals surface area contributed by atoms with Crippen LogP contribution in [0.15, 0.2) is 53.4 Å². The number of carbonyl (C=O) groups is 1. The molecule has 0 aromatic heterocycles. The van der Waals surface area contributed by atoms with Gasteiger partial charge >= 0.3 is 0 Å². The predicted molar refractivity (Wildman–Crippen MR) is 84.2 cm³/mol. The van der Waals surface area contributed by atoms with Gasteiger partial charge in [0.15, 0.2) is 0 Å². The van der Waals surface area contributed by atoms with Gasteiger partial charge < -0.3 is 5.73 Å². The average molecular weight is 316 g/mol. The largest absolute Gasteiger partial charge is 0.366 e. The zero-order valence-electron chi connectivity index (χ0n) is 12.1. The molecular weight excluding hydrogens is 300 g/mol. The molecule has 0 spiro atoms. The lowest BCUT2D eigenvalue weighted by molar-refractivity contribution is 0.1000. The maximum Gasteiger partial charge on any atom is 0.264 e. The summed E-state index contributed by atoms with van der Waals surface area (Å²) in [6.07, 6.45) is 0.558. The van der Waals surface area contributed by atoms with E-state index in [-0.39, 0.29) is 10.9 Å². The van der Waals surface area contributed by atoms with E-state index in [1.54, 1.807) is 48.5 Å². The lowest BCUT2D eigenvalue weighted by atomic mass is 10.1. The predicted octanol–water partition coefficient (Wildman–Crippen LogP) is 1.93. The third-order valence-electron chi connectivity index (χ3n) is 3.82. The van der Waals surface area contributed by atoms with Gasteiger partial charge in [0.05, 0.1) is 10.6 Å². The van der Waals surface area contributed by atoms with Crippen molar-refractivity contribution in [1.82, 2.24) is 0 Å². The Kier molecular flexibility index (Phi) is 3.41. The second-order valence-electron chi connectivity index (χ2n) is 5.37. The van der Waals surface area contributed by atoms with Gasteiger partial charge in [-0.25, -0.2) is 8.42 Å². The van der Waals surface area contributed by atoms with Gasteiger partial charge in [0.2, 0.25) is 5.91 Å². The molecule has 0 unspecified atom stereocenters. The van der Waals surface area contributed by atoms with Crippen LogP contribution < -0.4 is 10.0 Å². The summed E-state index contributed by atoms with van der Waals surface area (Å²) in [6.45, 7) is 1.85. The molecular formula is C16H16N2O3S. The van der Waals surface area contributed by atoms with Gasteiger partial charge in [0.1, 0.15) is 0 Å². The molecule has 0 saturated heterocycles. The summed E-state index contributed by atoms with van der Waals surface area (Å²) < 4.78 is 27.1. The quantitative estimate of drug-likeness (QED) is 0.939. The molecule has 1 aliphatic heterocycles. The van der Waals surface area contributed by atoms with Crippen molar-refractivity contribution in [3.63, 3.8) is 0 Å². The van der Waals surface area contributed by atoms with Crippen LogP contribution >= 0.6 is 0 Å². The fourth-order valence-corrected chi connectivity index (χ4v) is 4.54. The number of primary amides is 1. The van der Waals surface area contributed by atoms with Crippen LogP contribution in [-0.4, -0.2) is 20.4 Å². The molecule has 0 bridgehead atoms. The number of carbonyl (C=O) groups excluding carboxylic acids is 1. The normalized spacial score (nSPS) is 17.3. The highest BCUT2D eigenvalue weighted by molar-refractivity contribution is 7.92. The van der Waals surface area contributed by atoms with E-state index in [9.17, 15) is 13.2 Å². The summed E-state index contributed by atoms with van der Waals surface area (Å²) in [5, 5.41) is 0. The molecule has 1 atom stereocenters. The van der Waals surface area contributed by atoms with E-state index in [4.69, 9.17) is 5.73 Å². The lowest BCUT2D eigenvalue weighted by Gasteiger charge is -2.24. The van der Waals surface area contributed by atoms with Gasteiger partial charge in [-0.2, -0.15) is 0 Å². The molecule has 22 heavy (non-hydrogen) atoms. The summed E-state index contributed by atoms with van der Waals surface area (Å²) in [6, 6.07) is 13.0. The third-order valence-corrected chi connectivity index (χ3v) is 5.76. The summed E-state index contributed by atoms with van der Waals surface area (Å²) in [4.78, 5) is 11.5.